The van der Waals surface area contributed by atoms with Gasteiger partial charge in [0, 0.05) is 17.7 Å². The average Bonchev–Trinajstić information content (AvgIpc) is 3.56. The zero-order valence-electron chi connectivity index (χ0n) is 30.6. The largest absolute Gasteiger partial charge is 0.443 e. The lowest BCUT2D eigenvalue weighted by Crippen LogP contribution is -2.62. The van der Waals surface area contributed by atoms with Gasteiger partial charge < -0.3 is 28.4 Å². The summed E-state index contributed by atoms with van der Waals surface area (Å²) >= 11 is 3.26. The Balaban J connectivity index is 1.23. The van der Waals surface area contributed by atoms with Crippen molar-refractivity contribution in [1.82, 2.24) is 10.2 Å². The minimum absolute atomic E-state index is 0.190. The van der Waals surface area contributed by atoms with Gasteiger partial charge in [0.25, 0.3) is 0 Å². The normalized spacial score (nSPS) is 19.7. The van der Waals surface area contributed by atoms with Crippen LogP contribution in [0.1, 0.15) is 39.1 Å². The van der Waals surface area contributed by atoms with Gasteiger partial charge in [0.05, 0.1) is 37.5 Å². The molecule has 1 aliphatic rings. The summed E-state index contributed by atoms with van der Waals surface area (Å²) in [5, 5.41) is 7.61. The Bertz CT molecular complexity index is 2050. The number of nitrogens with one attached hydrogen (secondary N) is 1. The molecule has 0 radical (unpaired) electrons. The van der Waals surface area contributed by atoms with Crippen molar-refractivity contribution in [2.24, 2.45) is 0 Å². The predicted molar refractivity (Wildman–Crippen MR) is 211 cm³/mol. The fraction of sp³-hybridized carbons (Fsp3) is 0.267. The monoisotopic (exact) mass is 806 g/mol. The van der Waals surface area contributed by atoms with Gasteiger partial charge in [-0.15, -0.1) is 5.10 Å². The van der Waals surface area contributed by atoms with Crippen LogP contribution in [0.15, 0.2) is 144 Å². The number of nitrogens with zero attached hydrogens (tertiary/aromatic N) is 1. The molecule has 7 rings (SSSR count). The number of aryl methyl sites for hydroxylation is 1. The molecule has 1 aliphatic heterocycles. The summed E-state index contributed by atoms with van der Waals surface area (Å²) in [5.74, 6) is -0.0158. The molecule has 6 aromatic rings. The lowest BCUT2D eigenvalue weighted by Gasteiger charge is -2.45. The number of benzene rings is 5. The number of hydrogen-bond acceptors (Lipinski definition) is 7. The smallest absolute Gasteiger partial charge is 0.238 e. The van der Waals surface area contributed by atoms with E-state index in [9.17, 15) is 4.39 Å². The Morgan fingerprint density at radius 2 is 1.15 bits per heavy atom. The van der Waals surface area contributed by atoms with Gasteiger partial charge in [-0.25, -0.2) is 4.39 Å². The highest BCUT2D eigenvalue weighted by Crippen LogP contribution is 2.34. The van der Waals surface area contributed by atoms with Gasteiger partial charge in [-0.3, -0.25) is 5.10 Å². The second-order valence-electron chi connectivity index (χ2n) is 13.5. The number of aromatic nitrogens is 2. The van der Waals surface area contributed by atoms with Crippen molar-refractivity contribution >= 4 is 15.9 Å². The molecule has 0 bridgehead atoms. The number of ether oxygens (including phenoxy) is 6. The van der Waals surface area contributed by atoms with Gasteiger partial charge in [0.2, 0.25) is 12.2 Å². The number of aromatic amines is 1. The second-order valence-corrected chi connectivity index (χ2v) is 14.4. The Morgan fingerprint density at radius 1 is 0.636 bits per heavy atom. The van der Waals surface area contributed by atoms with Crippen molar-refractivity contribution in [3.8, 4) is 5.88 Å². The fourth-order valence-corrected chi connectivity index (χ4v) is 6.79. The molecular formula is C45H44BrFN2O6. The molecule has 8 nitrogen and oxygen atoms in total. The van der Waals surface area contributed by atoms with Gasteiger partial charge in [-0.2, -0.15) is 0 Å². The Hall–Kier alpha value is -4.68. The Kier molecular flexibility index (Phi) is 13.5. The van der Waals surface area contributed by atoms with E-state index in [1.165, 1.54) is 6.07 Å². The van der Waals surface area contributed by atoms with E-state index in [-0.39, 0.29) is 19.0 Å². The zero-order chi connectivity index (χ0) is 37.8. The van der Waals surface area contributed by atoms with Crippen LogP contribution in [-0.4, -0.2) is 47.5 Å². The van der Waals surface area contributed by atoms with Crippen LogP contribution in [0.3, 0.4) is 0 Å². The number of rotatable bonds is 17. The molecule has 0 saturated carbocycles. The first-order chi connectivity index (χ1) is 27.0. The predicted octanol–water partition coefficient (Wildman–Crippen LogP) is 9.29. The molecule has 55 heavy (non-hydrogen) atoms. The molecule has 1 aromatic heterocycles. The fourth-order valence-electron chi connectivity index (χ4n) is 6.54. The molecule has 1 saturated heterocycles. The summed E-state index contributed by atoms with van der Waals surface area (Å²) < 4.78 is 55.3. The Labute approximate surface area is 329 Å². The number of hydrogen-bond donors (Lipinski definition) is 1. The number of H-pyrrole nitrogens is 1. The van der Waals surface area contributed by atoms with Gasteiger partial charge in [0.15, 0.2) is 0 Å². The summed E-state index contributed by atoms with van der Waals surface area (Å²) in [4.78, 5) is 0. The van der Waals surface area contributed by atoms with Crippen LogP contribution in [-0.2, 0) is 56.5 Å². The van der Waals surface area contributed by atoms with E-state index in [4.69, 9.17) is 28.4 Å². The summed E-state index contributed by atoms with van der Waals surface area (Å²) in [6, 6.07) is 45.0. The van der Waals surface area contributed by atoms with Gasteiger partial charge in [0.1, 0.15) is 30.2 Å². The maximum absolute atomic E-state index is 14.6. The second kappa shape index (κ2) is 19.3. The highest BCUT2D eigenvalue weighted by atomic mass is 79.9. The van der Waals surface area contributed by atoms with Crippen molar-refractivity contribution in [2.75, 3.05) is 6.61 Å². The molecule has 5 atom stereocenters. The molecule has 0 amide bonds. The van der Waals surface area contributed by atoms with Crippen molar-refractivity contribution in [1.29, 1.82) is 0 Å². The van der Waals surface area contributed by atoms with E-state index in [2.05, 4.69) is 26.1 Å². The van der Waals surface area contributed by atoms with Crippen LogP contribution in [0.5, 0.6) is 5.88 Å². The summed E-state index contributed by atoms with van der Waals surface area (Å²) in [5.41, 5.74) is 6.35. The van der Waals surface area contributed by atoms with E-state index in [1.54, 1.807) is 6.07 Å². The van der Waals surface area contributed by atoms with Gasteiger partial charge in [-0.1, -0.05) is 127 Å². The minimum Gasteiger partial charge on any atom is -0.443 e. The SMILES string of the molecule is Cc1[nH]nc(O[C@@H]2O[C@H](COCc3ccccc3)[C@@H](OCc3ccccc3)[C@H](OCc3ccccc3)[C@H]2OCc2ccccc2)c1Cc1ccc(Br)c(F)c1. The highest BCUT2D eigenvalue weighted by Gasteiger charge is 2.50. The van der Waals surface area contributed by atoms with Crippen molar-refractivity contribution in [3.63, 3.8) is 0 Å². The van der Waals surface area contributed by atoms with Crippen LogP contribution in [0.4, 0.5) is 4.39 Å². The summed E-state index contributed by atoms with van der Waals surface area (Å²) in [6.07, 6.45) is -3.30. The first-order valence-electron chi connectivity index (χ1n) is 18.4. The topological polar surface area (TPSA) is 84.1 Å². The first kappa shape index (κ1) is 38.6. The molecule has 1 fully saturated rings. The van der Waals surface area contributed by atoms with Crippen LogP contribution >= 0.6 is 15.9 Å². The third-order valence-corrected chi connectivity index (χ3v) is 10.1. The van der Waals surface area contributed by atoms with Crippen LogP contribution in [0.2, 0.25) is 0 Å². The average molecular weight is 808 g/mol. The zero-order valence-corrected chi connectivity index (χ0v) is 32.1. The lowest BCUT2D eigenvalue weighted by molar-refractivity contribution is -0.310. The third kappa shape index (κ3) is 10.5. The molecule has 1 N–H and O–H groups in total. The standard InChI is InChI=1S/C45H44BrFN2O6/c1-31-37(24-36-22-23-38(46)39(47)25-36)44(49-48-31)55-45-43(53-29-35-20-12-5-13-21-35)42(52-28-34-18-10-4-11-19-34)41(51-27-33-16-8-3-9-17-33)40(54-45)30-50-26-32-14-6-2-7-15-32/h2-23,25,40-43,45H,24,26-30H2,1H3,(H,48,49)/t40-,41-,42+,43-,45+/m1/s1. The third-order valence-electron chi connectivity index (χ3n) is 9.47. The van der Waals surface area contributed by atoms with Gasteiger partial charge in [-0.05, 0) is 62.8 Å². The van der Waals surface area contributed by atoms with E-state index in [1.807, 2.05) is 134 Å². The molecule has 284 valence electrons. The maximum atomic E-state index is 14.6. The van der Waals surface area contributed by atoms with E-state index < -0.39 is 30.7 Å². The quantitative estimate of drug-likeness (QED) is 0.0984. The highest BCUT2D eigenvalue weighted by molar-refractivity contribution is 9.10. The molecule has 0 aliphatic carbocycles. The lowest BCUT2D eigenvalue weighted by atomic mass is 9.97. The summed E-state index contributed by atoms with van der Waals surface area (Å²) in [7, 11) is 0. The van der Waals surface area contributed by atoms with Crippen molar-refractivity contribution in [2.45, 2.75) is 70.5 Å². The number of halogens is 2. The molecule has 0 spiro atoms. The van der Waals surface area contributed by atoms with E-state index in [0.717, 1.165) is 39.1 Å². The minimum atomic E-state index is -0.991. The Morgan fingerprint density at radius 3 is 1.69 bits per heavy atom. The molecule has 5 aromatic carbocycles. The molecule has 2 heterocycles. The molecule has 10 heteroatoms. The van der Waals surface area contributed by atoms with Crippen LogP contribution in [0, 0.1) is 12.7 Å². The first-order valence-corrected chi connectivity index (χ1v) is 19.2. The molecular weight excluding hydrogens is 763 g/mol. The van der Waals surface area contributed by atoms with Crippen LogP contribution < -0.4 is 4.74 Å². The van der Waals surface area contributed by atoms with E-state index in [0.29, 0.717) is 36.6 Å². The summed E-state index contributed by atoms with van der Waals surface area (Å²) in [6.45, 7) is 3.37. The maximum Gasteiger partial charge on any atom is 0.238 e. The van der Waals surface area contributed by atoms with E-state index >= 15 is 0 Å². The van der Waals surface area contributed by atoms with Gasteiger partial charge >= 0.3 is 0 Å². The molecule has 0 unspecified atom stereocenters. The van der Waals surface area contributed by atoms with Crippen molar-refractivity contribution in [3.05, 3.63) is 189 Å². The van der Waals surface area contributed by atoms with Crippen molar-refractivity contribution < 1.29 is 32.8 Å². The van der Waals surface area contributed by atoms with Crippen LogP contribution in [0.25, 0.3) is 0 Å².